The second kappa shape index (κ2) is 4.76. The van der Waals surface area contributed by atoms with E-state index in [-0.39, 0.29) is 0 Å². The third kappa shape index (κ3) is 3.06. The summed E-state index contributed by atoms with van der Waals surface area (Å²) in [6, 6.07) is 0. The maximum Gasteiger partial charge on any atom is 0.0674 e. The average molecular weight is 260 g/mol. The quantitative estimate of drug-likeness (QED) is 0.571. The highest BCUT2D eigenvalue weighted by atomic mass is 127. The van der Waals surface area contributed by atoms with Crippen LogP contribution in [0.25, 0.3) is 0 Å². The third-order valence-electron chi connectivity index (χ3n) is 1.37. The lowest BCUT2D eigenvalue weighted by Crippen LogP contribution is -2.05. The molecule has 1 aliphatic rings. The van der Waals surface area contributed by atoms with Gasteiger partial charge in [0.2, 0.25) is 0 Å². The van der Waals surface area contributed by atoms with E-state index in [1.807, 2.05) is 0 Å². The van der Waals surface area contributed by atoms with Gasteiger partial charge < -0.3 is 8.92 Å². The minimum atomic E-state index is 0.646. The summed E-state index contributed by atoms with van der Waals surface area (Å²) in [4.78, 5) is 0. The van der Waals surface area contributed by atoms with Gasteiger partial charge in [0, 0.05) is 33.7 Å². The Morgan fingerprint density at radius 1 is 1.78 bits per heavy atom. The molecule has 2 nitrogen and oxygen atoms in total. The molecule has 0 aromatic heterocycles. The highest BCUT2D eigenvalue weighted by Gasteiger charge is 2.15. The van der Waals surface area contributed by atoms with E-state index in [4.69, 9.17) is 8.92 Å². The Bertz CT molecular complexity index is 75.4. The van der Waals surface area contributed by atoms with Crippen molar-refractivity contribution in [2.24, 2.45) is 5.92 Å². The number of hydrogen-bond acceptors (Lipinski definition) is 3. The zero-order valence-corrected chi connectivity index (χ0v) is 7.98. The van der Waals surface area contributed by atoms with Crippen molar-refractivity contribution in [3.05, 3.63) is 0 Å². The molecule has 1 saturated heterocycles. The van der Waals surface area contributed by atoms with Crippen LogP contribution < -0.4 is 0 Å². The molecule has 9 heavy (non-hydrogen) atoms. The summed E-state index contributed by atoms with van der Waals surface area (Å²) < 4.78 is 10.3. The predicted molar refractivity (Wildman–Crippen MR) is 46.5 cm³/mol. The zero-order chi connectivity index (χ0) is 6.53. The van der Waals surface area contributed by atoms with Crippen molar-refractivity contribution >= 4 is 30.4 Å². The molecule has 0 aromatic carbocycles. The third-order valence-corrected chi connectivity index (χ3v) is 2.36. The smallest absolute Gasteiger partial charge is 0.0674 e. The fourth-order valence-electron chi connectivity index (χ4n) is 0.837. The van der Waals surface area contributed by atoms with Crippen molar-refractivity contribution in [2.75, 3.05) is 19.8 Å². The molecule has 1 rings (SSSR count). The highest BCUT2D eigenvalue weighted by molar-refractivity contribution is 14.2. The first-order valence-corrected chi connectivity index (χ1v) is 6.20. The molecule has 54 valence electrons. The van der Waals surface area contributed by atoms with Gasteiger partial charge in [-0.25, -0.2) is 0 Å². The minimum absolute atomic E-state index is 0.646. The lowest BCUT2D eigenvalue weighted by molar-refractivity contribution is 0.173. The Morgan fingerprint density at radius 2 is 2.67 bits per heavy atom. The van der Waals surface area contributed by atoms with Crippen LogP contribution in [0, 0.1) is 5.92 Å². The summed E-state index contributed by atoms with van der Waals surface area (Å²) in [6.45, 7) is 2.64. The first-order valence-electron chi connectivity index (χ1n) is 2.91. The van der Waals surface area contributed by atoms with Crippen LogP contribution in [-0.2, 0) is 8.92 Å². The Hall–Kier alpha value is 1.00. The lowest BCUT2D eigenvalue weighted by Gasteiger charge is -2.03. The van der Waals surface area contributed by atoms with Gasteiger partial charge in [-0.2, -0.15) is 0 Å². The van der Waals surface area contributed by atoms with E-state index < -0.39 is 0 Å². The average Bonchev–Trinajstić information content (AvgIpc) is 2.34. The van der Waals surface area contributed by atoms with E-state index in [1.54, 1.807) is 0 Å². The van der Waals surface area contributed by atoms with Crippen molar-refractivity contribution in [2.45, 2.75) is 6.42 Å². The van der Waals surface area contributed by atoms with Crippen molar-refractivity contribution < 1.29 is 8.92 Å². The molecule has 0 saturated carbocycles. The van der Waals surface area contributed by atoms with E-state index in [9.17, 15) is 0 Å². The molecule has 0 N–H and O–H groups in total. The molecule has 0 aliphatic carbocycles. The first-order chi connectivity index (χ1) is 4.43. The standard InChI is InChI=1S/C5H9IO2S/c6-9-8-4-5-1-2-7-3-5/h5H,1-4H2/t5-/m0/s1. The number of halogens is 1. The van der Waals surface area contributed by atoms with Crippen LogP contribution in [0.1, 0.15) is 6.42 Å². The fraction of sp³-hybridized carbons (Fsp3) is 1.00. The van der Waals surface area contributed by atoms with Gasteiger partial charge in [-0.1, -0.05) is 0 Å². The summed E-state index contributed by atoms with van der Waals surface area (Å²) in [5, 5.41) is 0. The van der Waals surface area contributed by atoms with Crippen LogP contribution in [-0.4, -0.2) is 19.8 Å². The molecule has 0 spiro atoms. The van der Waals surface area contributed by atoms with E-state index in [1.165, 1.54) is 9.21 Å². The highest BCUT2D eigenvalue weighted by Crippen LogP contribution is 2.18. The Kier molecular flexibility index (Phi) is 4.28. The van der Waals surface area contributed by atoms with Gasteiger partial charge in [0.1, 0.15) is 0 Å². The van der Waals surface area contributed by atoms with Crippen molar-refractivity contribution in [3.63, 3.8) is 0 Å². The predicted octanol–water partition coefficient (Wildman–Crippen LogP) is 2.04. The molecule has 0 amide bonds. The molecule has 0 aromatic rings. The molecular weight excluding hydrogens is 251 g/mol. The minimum Gasteiger partial charge on any atom is -0.381 e. The van der Waals surface area contributed by atoms with Crippen LogP contribution in [0.2, 0.25) is 0 Å². The summed E-state index contributed by atoms with van der Waals surface area (Å²) >= 11 is 2.13. The van der Waals surface area contributed by atoms with Gasteiger partial charge in [-0.15, -0.1) is 0 Å². The largest absolute Gasteiger partial charge is 0.381 e. The van der Waals surface area contributed by atoms with Crippen LogP contribution in [0.3, 0.4) is 0 Å². The van der Waals surface area contributed by atoms with Crippen LogP contribution in [0.4, 0.5) is 0 Å². The first kappa shape index (κ1) is 8.10. The summed E-state index contributed by atoms with van der Waals surface area (Å²) in [7, 11) is 1.40. The monoisotopic (exact) mass is 260 g/mol. The normalized spacial score (nSPS) is 27.0. The van der Waals surface area contributed by atoms with Crippen LogP contribution in [0.5, 0.6) is 0 Å². The van der Waals surface area contributed by atoms with Gasteiger partial charge in [0.25, 0.3) is 0 Å². The van der Waals surface area contributed by atoms with Crippen LogP contribution >= 0.6 is 30.4 Å². The van der Waals surface area contributed by atoms with Gasteiger partial charge in [0.15, 0.2) is 0 Å². The van der Waals surface area contributed by atoms with Gasteiger partial charge in [-0.3, -0.25) is 0 Å². The van der Waals surface area contributed by atoms with Crippen molar-refractivity contribution in [1.29, 1.82) is 0 Å². The number of ether oxygens (including phenoxy) is 1. The summed E-state index contributed by atoms with van der Waals surface area (Å²) in [5.74, 6) is 0.646. The van der Waals surface area contributed by atoms with E-state index >= 15 is 0 Å². The van der Waals surface area contributed by atoms with Gasteiger partial charge in [-0.05, 0) is 6.42 Å². The summed E-state index contributed by atoms with van der Waals surface area (Å²) in [6.07, 6.45) is 1.16. The molecule has 1 fully saturated rings. The topological polar surface area (TPSA) is 18.5 Å². The molecule has 0 radical (unpaired) electrons. The Morgan fingerprint density at radius 3 is 3.22 bits per heavy atom. The fourth-order valence-corrected chi connectivity index (χ4v) is 1.52. The molecule has 1 aliphatic heterocycles. The number of rotatable bonds is 3. The Labute approximate surface area is 71.5 Å². The van der Waals surface area contributed by atoms with E-state index in [2.05, 4.69) is 21.2 Å². The maximum absolute atomic E-state index is 5.16. The molecule has 1 heterocycles. The molecule has 0 bridgehead atoms. The molecular formula is C5H9IO2S. The Balaban J connectivity index is 1.98. The lowest BCUT2D eigenvalue weighted by atomic mass is 10.1. The molecule has 4 heteroatoms. The maximum atomic E-state index is 5.16. The zero-order valence-electron chi connectivity index (χ0n) is 5.01. The second-order valence-electron chi connectivity index (χ2n) is 2.08. The molecule has 1 atom stereocenters. The number of hydrogen-bond donors (Lipinski definition) is 0. The van der Waals surface area contributed by atoms with Crippen molar-refractivity contribution in [3.8, 4) is 0 Å². The van der Waals surface area contributed by atoms with E-state index in [0.717, 1.165) is 26.2 Å². The SMILES string of the molecule is ISOC[C@H]1CCOC1. The van der Waals surface area contributed by atoms with E-state index in [0.29, 0.717) is 5.92 Å². The molecule has 0 unspecified atom stereocenters. The van der Waals surface area contributed by atoms with Gasteiger partial charge in [0.05, 0.1) is 22.4 Å². The van der Waals surface area contributed by atoms with Crippen molar-refractivity contribution in [1.82, 2.24) is 0 Å². The van der Waals surface area contributed by atoms with Gasteiger partial charge >= 0.3 is 0 Å². The summed E-state index contributed by atoms with van der Waals surface area (Å²) in [5.41, 5.74) is 0. The van der Waals surface area contributed by atoms with Crippen LogP contribution in [0.15, 0.2) is 0 Å². The second-order valence-corrected chi connectivity index (χ2v) is 3.52.